The van der Waals surface area contributed by atoms with E-state index in [1.54, 1.807) is 12.1 Å². The number of hydrazine groups is 1. The zero-order valence-corrected chi connectivity index (χ0v) is 13.4. The molecule has 4 aliphatic rings. The number of allylic oxidation sites excluding steroid dienone is 2. The Balaban J connectivity index is 1.39. The number of benzene rings is 1. The van der Waals surface area contributed by atoms with E-state index in [-0.39, 0.29) is 40.9 Å². The molecule has 24 heavy (non-hydrogen) atoms. The van der Waals surface area contributed by atoms with Crippen LogP contribution in [0.2, 0.25) is 0 Å². The number of hydrogen-bond donors (Lipinski definition) is 1. The highest BCUT2D eigenvalue weighted by Crippen LogP contribution is 2.73. The Morgan fingerprint density at radius 1 is 1.04 bits per heavy atom. The van der Waals surface area contributed by atoms with Gasteiger partial charge in [0.05, 0.1) is 11.8 Å². The zero-order chi connectivity index (χ0) is 16.6. The molecule has 1 aromatic rings. The Morgan fingerprint density at radius 3 is 2.08 bits per heavy atom. The van der Waals surface area contributed by atoms with Crippen LogP contribution < -0.4 is 5.43 Å². The molecule has 5 nitrogen and oxygen atoms in total. The monoisotopic (exact) mass is 322 g/mol. The highest BCUT2D eigenvalue weighted by Gasteiger charge is 2.73. The van der Waals surface area contributed by atoms with E-state index in [0.29, 0.717) is 5.56 Å². The molecule has 1 aromatic carbocycles. The number of nitrogens with one attached hydrogen (secondary N) is 1. The lowest BCUT2D eigenvalue weighted by Gasteiger charge is -2.22. The average molecular weight is 322 g/mol. The second-order valence-electron chi connectivity index (χ2n) is 7.54. The van der Waals surface area contributed by atoms with Crippen molar-refractivity contribution in [3.8, 4) is 0 Å². The van der Waals surface area contributed by atoms with Gasteiger partial charge in [0.25, 0.3) is 17.7 Å². The Labute approximate surface area is 139 Å². The molecular formula is C19H18N2O3. The van der Waals surface area contributed by atoms with Crippen LogP contribution >= 0.6 is 0 Å². The van der Waals surface area contributed by atoms with Crippen molar-refractivity contribution in [2.75, 3.05) is 0 Å². The fourth-order valence-electron chi connectivity index (χ4n) is 5.06. The molecule has 1 saturated heterocycles. The lowest BCUT2D eigenvalue weighted by Crippen LogP contribution is -2.47. The minimum Gasteiger partial charge on any atom is -0.272 e. The van der Waals surface area contributed by atoms with Crippen LogP contribution in [0.3, 0.4) is 0 Å². The maximum Gasteiger partial charge on any atom is 0.270 e. The minimum absolute atomic E-state index is 0.172. The topological polar surface area (TPSA) is 66.5 Å². The van der Waals surface area contributed by atoms with E-state index < -0.39 is 5.91 Å². The molecule has 3 amide bonds. The summed E-state index contributed by atoms with van der Waals surface area (Å²) in [4.78, 5) is 37.9. The quantitative estimate of drug-likeness (QED) is 0.667. The van der Waals surface area contributed by atoms with Crippen molar-refractivity contribution in [3.05, 3.63) is 47.5 Å². The van der Waals surface area contributed by atoms with Crippen molar-refractivity contribution in [1.82, 2.24) is 10.4 Å². The highest BCUT2D eigenvalue weighted by molar-refractivity contribution is 6.09. The first-order valence-corrected chi connectivity index (χ1v) is 8.47. The number of hydrogen-bond acceptors (Lipinski definition) is 3. The fourth-order valence-corrected chi connectivity index (χ4v) is 5.06. The van der Waals surface area contributed by atoms with Gasteiger partial charge in [0, 0.05) is 5.56 Å². The summed E-state index contributed by atoms with van der Waals surface area (Å²) in [5.74, 6) is -1.13. The van der Waals surface area contributed by atoms with Crippen LogP contribution in [0.15, 0.2) is 36.4 Å². The molecule has 0 aromatic heterocycles. The van der Waals surface area contributed by atoms with E-state index in [1.165, 1.54) is 0 Å². The summed E-state index contributed by atoms with van der Waals surface area (Å²) < 4.78 is 0. The van der Waals surface area contributed by atoms with Crippen molar-refractivity contribution >= 4 is 17.7 Å². The van der Waals surface area contributed by atoms with E-state index in [9.17, 15) is 14.4 Å². The zero-order valence-electron chi connectivity index (χ0n) is 13.4. The first-order chi connectivity index (χ1) is 11.5. The number of nitrogens with zero attached hydrogens (tertiary/aromatic N) is 1. The number of carbonyl (C=O) groups excluding carboxylic acids is 3. The minimum atomic E-state index is -0.418. The molecule has 122 valence electrons. The molecule has 2 bridgehead atoms. The Morgan fingerprint density at radius 2 is 1.58 bits per heavy atom. The van der Waals surface area contributed by atoms with Crippen LogP contribution in [0.5, 0.6) is 0 Å². The molecule has 2 saturated carbocycles. The van der Waals surface area contributed by atoms with Crippen molar-refractivity contribution < 1.29 is 14.4 Å². The number of rotatable bonds is 2. The normalized spacial score (nSPS) is 34.1. The molecule has 3 aliphatic carbocycles. The van der Waals surface area contributed by atoms with Gasteiger partial charge in [-0.2, -0.15) is 5.01 Å². The molecule has 3 fully saturated rings. The van der Waals surface area contributed by atoms with Gasteiger partial charge >= 0.3 is 0 Å². The summed E-state index contributed by atoms with van der Waals surface area (Å²) in [7, 11) is 0. The van der Waals surface area contributed by atoms with Gasteiger partial charge in [0.15, 0.2) is 0 Å². The third kappa shape index (κ3) is 1.57. The number of aryl methyl sites for hydroxylation is 1. The summed E-state index contributed by atoms with van der Waals surface area (Å²) in [5, 5.41) is 0.972. The molecule has 1 N–H and O–H groups in total. The molecule has 1 heterocycles. The molecule has 5 rings (SSSR count). The van der Waals surface area contributed by atoms with Crippen molar-refractivity contribution in [3.63, 3.8) is 0 Å². The third-order valence-corrected chi connectivity index (χ3v) is 6.38. The van der Waals surface area contributed by atoms with Crippen molar-refractivity contribution in [2.24, 2.45) is 29.1 Å². The Hall–Kier alpha value is -2.43. The van der Waals surface area contributed by atoms with E-state index in [0.717, 1.165) is 23.4 Å². The van der Waals surface area contributed by atoms with Gasteiger partial charge in [-0.25, -0.2) is 0 Å². The average Bonchev–Trinajstić information content (AvgIpc) is 3.18. The second kappa shape index (κ2) is 4.35. The van der Waals surface area contributed by atoms with Crippen LogP contribution in [-0.4, -0.2) is 22.7 Å². The first kappa shape index (κ1) is 14.0. The number of amides is 3. The number of imide groups is 1. The largest absolute Gasteiger partial charge is 0.272 e. The van der Waals surface area contributed by atoms with Crippen LogP contribution in [-0.2, 0) is 9.59 Å². The predicted octanol–water partition coefficient (Wildman–Crippen LogP) is 1.84. The molecule has 0 radical (unpaired) electrons. The SMILES string of the molecule is Cc1ccc(C(=O)NN2C(=O)[C@H]3[C@H](C2=O)[C@H]2C=C[C@H]3C23CC3)cc1. The summed E-state index contributed by atoms with van der Waals surface area (Å²) >= 11 is 0. The standard InChI is InChI=1S/C19H18N2O3/c1-10-2-4-11(5-3-10)16(22)20-21-17(23)14-12-6-7-13(15(14)18(21)24)19(12)8-9-19/h2-7,12-15H,8-9H2,1H3,(H,20,22)/t12-,13-,14-,15-/m1/s1. The first-order valence-electron chi connectivity index (χ1n) is 8.47. The van der Waals surface area contributed by atoms with Gasteiger partial charge in [-0.15, -0.1) is 0 Å². The molecular weight excluding hydrogens is 304 g/mol. The van der Waals surface area contributed by atoms with E-state index in [1.807, 2.05) is 19.1 Å². The fraction of sp³-hybridized carbons (Fsp3) is 0.421. The molecule has 0 unspecified atom stereocenters. The van der Waals surface area contributed by atoms with Gasteiger partial charge in [-0.1, -0.05) is 29.8 Å². The van der Waals surface area contributed by atoms with Gasteiger partial charge in [0.1, 0.15) is 0 Å². The van der Waals surface area contributed by atoms with Gasteiger partial charge in [-0.3, -0.25) is 19.8 Å². The van der Waals surface area contributed by atoms with E-state index in [4.69, 9.17) is 0 Å². The Kier molecular flexibility index (Phi) is 2.53. The highest BCUT2D eigenvalue weighted by atomic mass is 16.2. The third-order valence-electron chi connectivity index (χ3n) is 6.38. The molecule has 1 spiro atoms. The van der Waals surface area contributed by atoms with Crippen LogP contribution in [0.25, 0.3) is 0 Å². The van der Waals surface area contributed by atoms with E-state index >= 15 is 0 Å². The lowest BCUT2D eigenvalue weighted by molar-refractivity contribution is -0.144. The van der Waals surface area contributed by atoms with E-state index in [2.05, 4.69) is 17.6 Å². The second-order valence-corrected chi connectivity index (χ2v) is 7.54. The van der Waals surface area contributed by atoms with Gasteiger partial charge in [-0.05, 0) is 49.1 Å². The number of carbonyl (C=O) groups is 3. The van der Waals surface area contributed by atoms with Crippen molar-refractivity contribution in [1.29, 1.82) is 0 Å². The molecule has 4 atom stereocenters. The number of fused-ring (bicyclic) bond motifs is 3. The summed E-state index contributed by atoms with van der Waals surface area (Å²) in [5.41, 5.74) is 4.19. The van der Waals surface area contributed by atoms with Crippen LogP contribution in [0.1, 0.15) is 28.8 Å². The molecule has 1 aliphatic heterocycles. The molecule has 5 heteroatoms. The lowest BCUT2D eigenvalue weighted by atomic mass is 9.85. The maximum absolute atomic E-state index is 12.8. The van der Waals surface area contributed by atoms with Crippen molar-refractivity contribution in [2.45, 2.75) is 19.8 Å². The Bertz CT molecular complexity index is 772. The van der Waals surface area contributed by atoms with Crippen LogP contribution in [0.4, 0.5) is 0 Å². The van der Waals surface area contributed by atoms with Gasteiger partial charge < -0.3 is 0 Å². The summed E-state index contributed by atoms with van der Waals surface area (Å²) in [6, 6.07) is 7.05. The summed E-state index contributed by atoms with van der Waals surface area (Å²) in [6.07, 6.45) is 6.46. The predicted molar refractivity (Wildman–Crippen MR) is 85.3 cm³/mol. The van der Waals surface area contributed by atoms with Gasteiger partial charge in [0.2, 0.25) is 0 Å². The maximum atomic E-state index is 12.8. The van der Waals surface area contributed by atoms with Crippen LogP contribution in [0, 0.1) is 36.0 Å². The smallest absolute Gasteiger partial charge is 0.270 e. The summed E-state index contributed by atoms with van der Waals surface area (Å²) in [6.45, 7) is 1.94.